The molecule has 3 aromatic rings. The fourth-order valence-corrected chi connectivity index (χ4v) is 4.10. The second-order valence-corrected chi connectivity index (χ2v) is 8.46. The fraction of sp³-hybridized carbons (Fsp3) is 0.464. The summed E-state index contributed by atoms with van der Waals surface area (Å²) in [4.78, 5) is 5.04. The average Bonchev–Trinajstić information content (AvgIpc) is 3.16. The van der Waals surface area contributed by atoms with Crippen molar-refractivity contribution in [3.8, 4) is 0 Å². The maximum Gasteiger partial charge on any atom is 0.113 e. The van der Waals surface area contributed by atoms with Gasteiger partial charge in [0.2, 0.25) is 0 Å². The Labute approximate surface area is 183 Å². The van der Waals surface area contributed by atoms with Crippen molar-refractivity contribution < 1.29 is 0 Å². The van der Waals surface area contributed by atoms with Gasteiger partial charge in [-0.3, -0.25) is 0 Å². The molecule has 2 aromatic carbocycles. The van der Waals surface area contributed by atoms with E-state index in [4.69, 9.17) is 4.98 Å². The summed E-state index contributed by atoms with van der Waals surface area (Å²) in [6.45, 7) is 3.38. The summed E-state index contributed by atoms with van der Waals surface area (Å²) in [5, 5.41) is 0. The van der Waals surface area contributed by atoms with Crippen LogP contribution in [0.15, 0.2) is 66.9 Å². The SMILES string of the molecule is CCCCCCCCCn1cc(CCCc2ccccc2)nc1Cc1ccccc1. The van der Waals surface area contributed by atoms with E-state index in [0.717, 1.165) is 32.2 Å². The standard InChI is InChI=1S/C28H38N2/c1-2-3-4-5-6-7-14-22-30-24-27(21-15-20-25-16-10-8-11-17-25)29-28(30)23-26-18-12-9-13-19-26/h8-13,16-19,24H,2-7,14-15,20-23H2,1H3. The lowest BCUT2D eigenvalue weighted by atomic mass is 10.1. The van der Waals surface area contributed by atoms with Gasteiger partial charge in [0.15, 0.2) is 0 Å². The lowest BCUT2D eigenvalue weighted by Crippen LogP contribution is -2.04. The number of hydrogen-bond acceptors (Lipinski definition) is 1. The molecule has 0 saturated heterocycles. The number of aryl methyl sites for hydroxylation is 3. The molecule has 0 saturated carbocycles. The van der Waals surface area contributed by atoms with E-state index >= 15 is 0 Å². The highest BCUT2D eigenvalue weighted by Crippen LogP contribution is 2.15. The van der Waals surface area contributed by atoms with Gasteiger partial charge >= 0.3 is 0 Å². The van der Waals surface area contributed by atoms with Crippen LogP contribution in [0.1, 0.15) is 80.9 Å². The third-order valence-electron chi connectivity index (χ3n) is 5.86. The molecule has 0 aliphatic carbocycles. The van der Waals surface area contributed by atoms with Gasteiger partial charge < -0.3 is 4.57 Å². The van der Waals surface area contributed by atoms with Crippen LogP contribution in [0.25, 0.3) is 0 Å². The molecule has 0 aliphatic heterocycles. The van der Waals surface area contributed by atoms with Crippen LogP contribution in [0.5, 0.6) is 0 Å². The Morgan fingerprint density at radius 2 is 1.30 bits per heavy atom. The molecule has 3 rings (SSSR count). The summed E-state index contributed by atoms with van der Waals surface area (Å²) in [5.41, 5.74) is 4.02. The maximum atomic E-state index is 5.04. The summed E-state index contributed by atoms with van der Waals surface area (Å²) in [6, 6.07) is 21.5. The van der Waals surface area contributed by atoms with Gasteiger partial charge in [0.1, 0.15) is 5.82 Å². The Morgan fingerprint density at radius 1 is 0.667 bits per heavy atom. The van der Waals surface area contributed by atoms with Crippen molar-refractivity contribution in [3.05, 3.63) is 89.5 Å². The van der Waals surface area contributed by atoms with Crippen LogP contribution in [0.4, 0.5) is 0 Å². The van der Waals surface area contributed by atoms with Crippen molar-refractivity contribution in [3.63, 3.8) is 0 Å². The van der Waals surface area contributed by atoms with Gasteiger partial charge in [0.05, 0.1) is 5.69 Å². The van der Waals surface area contributed by atoms with Gasteiger partial charge in [-0.05, 0) is 36.8 Å². The minimum atomic E-state index is 0.927. The van der Waals surface area contributed by atoms with E-state index in [0.29, 0.717) is 0 Å². The molecule has 2 heteroatoms. The molecule has 0 unspecified atom stereocenters. The monoisotopic (exact) mass is 402 g/mol. The van der Waals surface area contributed by atoms with Crippen LogP contribution in [-0.4, -0.2) is 9.55 Å². The van der Waals surface area contributed by atoms with E-state index in [-0.39, 0.29) is 0 Å². The molecule has 2 nitrogen and oxygen atoms in total. The lowest BCUT2D eigenvalue weighted by Gasteiger charge is -2.08. The minimum Gasteiger partial charge on any atom is -0.334 e. The molecule has 0 spiro atoms. The van der Waals surface area contributed by atoms with Crippen molar-refractivity contribution >= 4 is 0 Å². The maximum absolute atomic E-state index is 5.04. The predicted molar refractivity (Wildman–Crippen MR) is 128 cm³/mol. The highest BCUT2D eigenvalue weighted by Gasteiger charge is 2.09. The van der Waals surface area contributed by atoms with Crippen LogP contribution in [0.2, 0.25) is 0 Å². The second kappa shape index (κ2) is 13.1. The molecule has 30 heavy (non-hydrogen) atoms. The molecule has 0 atom stereocenters. The molecule has 0 radical (unpaired) electrons. The zero-order valence-electron chi connectivity index (χ0n) is 18.7. The Morgan fingerprint density at radius 3 is 2.00 bits per heavy atom. The highest BCUT2D eigenvalue weighted by atomic mass is 15.1. The first kappa shape index (κ1) is 22.3. The third-order valence-corrected chi connectivity index (χ3v) is 5.86. The molecule has 0 amide bonds. The fourth-order valence-electron chi connectivity index (χ4n) is 4.10. The van der Waals surface area contributed by atoms with Crippen molar-refractivity contribution in [1.82, 2.24) is 9.55 Å². The summed E-state index contributed by atoms with van der Waals surface area (Å²) in [7, 11) is 0. The third kappa shape index (κ3) is 7.82. The summed E-state index contributed by atoms with van der Waals surface area (Å²) in [6.07, 6.45) is 16.0. The Hall–Kier alpha value is -2.35. The molecule has 1 heterocycles. The highest BCUT2D eigenvalue weighted by molar-refractivity contribution is 5.21. The van der Waals surface area contributed by atoms with Gasteiger partial charge in [-0.25, -0.2) is 4.98 Å². The Kier molecular flexibility index (Phi) is 9.72. The zero-order valence-corrected chi connectivity index (χ0v) is 18.7. The number of unbranched alkanes of at least 4 members (excludes halogenated alkanes) is 6. The van der Waals surface area contributed by atoms with Crippen LogP contribution in [-0.2, 0) is 25.8 Å². The summed E-state index contributed by atoms with van der Waals surface area (Å²) in [5.74, 6) is 1.22. The molecule has 0 N–H and O–H groups in total. The number of hydrogen-bond donors (Lipinski definition) is 0. The van der Waals surface area contributed by atoms with Gasteiger partial charge in [-0.15, -0.1) is 0 Å². The number of rotatable bonds is 14. The van der Waals surface area contributed by atoms with E-state index in [2.05, 4.69) is 78.4 Å². The first-order valence-corrected chi connectivity index (χ1v) is 12.0. The zero-order chi connectivity index (χ0) is 20.9. The number of benzene rings is 2. The van der Waals surface area contributed by atoms with Crippen molar-refractivity contribution in [1.29, 1.82) is 0 Å². The van der Waals surface area contributed by atoms with Gasteiger partial charge in [-0.1, -0.05) is 106 Å². The number of aromatic nitrogens is 2. The smallest absolute Gasteiger partial charge is 0.113 e. The lowest BCUT2D eigenvalue weighted by molar-refractivity contribution is 0.542. The molecular weight excluding hydrogens is 364 g/mol. The van der Waals surface area contributed by atoms with Crippen molar-refractivity contribution in [2.45, 2.75) is 84.1 Å². The van der Waals surface area contributed by atoms with Gasteiger partial charge in [0, 0.05) is 19.2 Å². The normalized spacial score (nSPS) is 11.1. The Bertz CT molecular complexity index is 820. The number of nitrogens with zero attached hydrogens (tertiary/aromatic N) is 2. The first-order valence-electron chi connectivity index (χ1n) is 12.0. The van der Waals surface area contributed by atoms with E-state index in [9.17, 15) is 0 Å². The van der Waals surface area contributed by atoms with Crippen LogP contribution in [0.3, 0.4) is 0 Å². The quantitative estimate of drug-likeness (QED) is 0.257. The number of imidazole rings is 1. The Balaban J connectivity index is 1.54. The van der Waals surface area contributed by atoms with E-state index in [1.165, 1.54) is 67.6 Å². The molecule has 0 fully saturated rings. The van der Waals surface area contributed by atoms with Crippen LogP contribution in [0, 0.1) is 0 Å². The molecule has 160 valence electrons. The van der Waals surface area contributed by atoms with Crippen molar-refractivity contribution in [2.24, 2.45) is 0 Å². The summed E-state index contributed by atoms with van der Waals surface area (Å²) < 4.78 is 2.43. The molecule has 0 bridgehead atoms. The van der Waals surface area contributed by atoms with E-state index in [1.54, 1.807) is 0 Å². The summed E-state index contributed by atoms with van der Waals surface area (Å²) >= 11 is 0. The topological polar surface area (TPSA) is 17.8 Å². The predicted octanol–water partition coefficient (Wildman–Crippen LogP) is 7.40. The largest absolute Gasteiger partial charge is 0.334 e. The van der Waals surface area contributed by atoms with Crippen LogP contribution >= 0.6 is 0 Å². The molecule has 1 aromatic heterocycles. The first-order chi connectivity index (χ1) is 14.8. The molecule has 0 aliphatic rings. The minimum absolute atomic E-state index is 0.927. The van der Waals surface area contributed by atoms with E-state index in [1.807, 2.05) is 0 Å². The van der Waals surface area contributed by atoms with Crippen molar-refractivity contribution in [2.75, 3.05) is 0 Å². The van der Waals surface area contributed by atoms with Gasteiger partial charge in [-0.2, -0.15) is 0 Å². The van der Waals surface area contributed by atoms with E-state index < -0.39 is 0 Å². The van der Waals surface area contributed by atoms with Crippen LogP contribution < -0.4 is 0 Å². The average molecular weight is 403 g/mol. The molecular formula is C28H38N2. The van der Waals surface area contributed by atoms with Gasteiger partial charge in [0.25, 0.3) is 0 Å². The second-order valence-electron chi connectivity index (χ2n) is 8.46.